The minimum absolute atomic E-state index is 0.729. The van der Waals surface area contributed by atoms with Crippen molar-refractivity contribution in [3.05, 3.63) is 18.0 Å². The van der Waals surface area contributed by atoms with E-state index >= 15 is 0 Å². The van der Waals surface area contributed by atoms with E-state index in [1.165, 1.54) is 18.5 Å². The third-order valence-electron chi connectivity index (χ3n) is 3.62. The fraction of sp³-hybridized carbons (Fsp3) is 0.769. The van der Waals surface area contributed by atoms with Crippen LogP contribution in [0.1, 0.15) is 38.3 Å². The zero-order valence-electron chi connectivity index (χ0n) is 10.6. The quantitative estimate of drug-likeness (QED) is 0.825. The Bertz CT molecular complexity index is 330. The van der Waals surface area contributed by atoms with Crippen LogP contribution in [0.25, 0.3) is 0 Å². The topological polar surface area (TPSA) is 29.9 Å². The molecular formula is C13H23N3. The molecule has 1 saturated carbocycles. The molecule has 1 N–H and O–H groups in total. The van der Waals surface area contributed by atoms with Crippen LogP contribution in [0.5, 0.6) is 0 Å². The summed E-state index contributed by atoms with van der Waals surface area (Å²) in [6.07, 6.45) is 4.60. The van der Waals surface area contributed by atoms with Crippen molar-refractivity contribution in [2.45, 2.75) is 32.6 Å². The zero-order chi connectivity index (χ0) is 11.5. The highest BCUT2D eigenvalue weighted by molar-refractivity contribution is 5.13. The Morgan fingerprint density at radius 1 is 1.50 bits per heavy atom. The van der Waals surface area contributed by atoms with Gasteiger partial charge in [0, 0.05) is 24.9 Å². The summed E-state index contributed by atoms with van der Waals surface area (Å²) in [4.78, 5) is 0. The Balaban J connectivity index is 1.82. The van der Waals surface area contributed by atoms with Gasteiger partial charge in [0.15, 0.2) is 0 Å². The van der Waals surface area contributed by atoms with Gasteiger partial charge in [0.25, 0.3) is 0 Å². The predicted molar refractivity (Wildman–Crippen MR) is 66.4 cm³/mol. The molecule has 1 fully saturated rings. The van der Waals surface area contributed by atoms with Gasteiger partial charge >= 0.3 is 0 Å². The summed E-state index contributed by atoms with van der Waals surface area (Å²) in [5.74, 6) is 2.29. The molecule has 1 aliphatic rings. The van der Waals surface area contributed by atoms with Crippen LogP contribution in [0.2, 0.25) is 0 Å². The summed E-state index contributed by atoms with van der Waals surface area (Å²) in [6, 6.07) is 2.17. The van der Waals surface area contributed by atoms with Gasteiger partial charge in [-0.15, -0.1) is 0 Å². The average Bonchev–Trinajstić information content (AvgIpc) is 2.58. The molecule has 1 aliphatic carbocycles. The molecule has 0 spiro atoms. The fourth-order valence-corrected chi connectivity index (χ4v) is 2.51. The highest BCUT2D eigenvalue weighted by Gasteiger charge is 2.33. The summed E-state index contributed by atoms with van der Waals surface area (Å²) in [5.41, 5.74) is 1.41. The van der Waals surface area contributed by atoms with Crippen LogP contribution in [0, 0.1) is 11.8 Å². The molecular weight excluding hydrogens is 198 g/mol. The van der Waals surface area contributed by atoms with E-state index in [0.717, 1.165) is 30.8 Å². The van der Waals surface area contributed by atoms with Gasteiger partial charge in [-0.1, -0.05) is 13.8 Å². The number of aryl methyl sites for hydroxylation is 1. The highest BCUT2D eigenvalue weighted by atomic mass is 15.3. The first-order valence-electron chi connectivity index (χ1n) is 6.37. The van der Waals surface area contributed by atoms with Crippen LogP contribution in [0.3, 0.4) is 0 Å². The van der Waals surface area contributed by atoms with Gasteiger partial charge in [-0.3, -0.25) is 4.68 Å². The Labute approximate surface area is 98.2 Å². The molecule has 16 heavy (non-hydrogen) atoms. The number of hydrogen-bond donors (Lipinski definition) is 1. The van der Waals surface area contributed by atoms with Crippen LogP contribution in [-0.4, -0.2) is 22.9 Å². The summed E-state index contributed by atoms with van der Waals surface area (Å²) in [6.45, 7) is 6.81. The third kappa shape index (κ3) is 2.46. The van der Waals surface area contributed by atoms with Crippen molar-refractivity contribution in [3.63, 3.8) is 0 Å². The second kappa shape index (κ2) is 5.00. The molecule has 1 heterocycles. The largest absolute Gasteiger partial charge is 0.316 e. The first-order valence-corrected chi connectivity index (χ1v) is 6.37. The Hall–Kier alpha value is -0.830. The van der Waals surface area contributed by atoms with E-state index in [9.17, 15) is 0 Å². The molecule has 90 valence electrons. The van der Waals surface area contributed by atoms with E-state index in [-0.39, 0.29) is 0 Å². The molecule has 1 aromatic rings. The van der Waals surface area contributed by atoms with Gasteiger partial charge in [-0.2, -0.15) is 5.10 Å². The van der Waals surface area contributed by atoms with Crippen LogP contribution < -0.4 is 5.32 Å². The lowest BCUT2D eigenvalue weighted by atomic mass is 9.72. The van der Waals surface area contributed by atoms with Gasteiger partial charge in [0.05, 0.1) is 0 Å². The van der Waals surface area contributed by atoms with Crippen molar-refractivity contribution in [2.75, 3.05) is 13.1 Å². The maximum atomic E-state index is 4.26. The fourth-order valence-electron chi connectivity index (χ4n) is 2.51. The van der Waals surface area contributed by atoms with Crippen LogP contribution in [0.15, 0.2) is 12.3 Å². The molecule has 2 atom stereocenters. The van der Waals surface area contributed by atoms with Gasteiger partial charge in [0.1, 0.15) is 0 Å². The zero-order valence-corrected chi connectivity index (χ0v) is 10.6. The predicted octanol–water partition coefficient (Wildman–Crippen LogP) is 2.16. The summed E-state index contributed by atoms with van der Waals surface area (Å²) in [7, 11) is 2.05. The maximum Gasteiger partial charge on any atom is 0.0492 e. The van der Waals surface area contributed by atoms with Crippen LogP contribution >= 0.6 is 0 Å². The maximum absolute atomic E-state index is 4.26. The Morgan fingerprint density at radius 3 is 2.81 bits per heavy atom. The van der Waals surface area contributed by atoms with E-state index in [0.29, 0.717) is 0 Å². The van der Waals surface area contributed by atoms with Crippen molar-refractivity contribution in [1.29, 1.82) is 0 Å². The minimum atomic E-state index is 0.729. The first kappa shape index (κ1) is 11.6. The number of nitrogens with zero attached hydrogens (tertiary/aromatic N) is 2. The van der Waals surface area contributed by atoms with Crippen molar-refractivity contribution in [3.8, 4) is 0 Å². The second-order valence-electron chi connectivity index (χ2n) is 5.38. The number of aromatic nitrogens is 2. The van der Waals surface area contributed by atoms with Gasteiger partial charge in [0.2, 0.25) is 0 Å². The summed E-state index contributed by atoms with van der Waals surface area (Å²) in [5, 5.41) is 7.83. The summed E-state index contributed by atoms with van der Waals surface area (Å²) < 4.78 is 2.03. The minimum Gasteiger partial charge on any atom is -0.316 e. The van der Waals surface area contributed by atoms with E-state index in [1.54, 1.807) is 0 Å². The van der Waals surface area contributed by atoms with Crippen molar-refractivity contribution in [2.24, 2.45) is 18.9 Å². The van der Waals surface area contributed by atoms with E-state index in [1.807, 2.05) is 17.9 Å². The monoisotopic (exact) mass is 221 g/mol. The summed E-state index contributed by atoms with van der Waals surface area (Å²) >= 11 is 0. The van der Waals surface area contributed by atoms with Gasteiger partial charge < -0.3 is 5.32 Å². The number of hydrogen-bond acceptors (Lipinski definition) is 2. The molecule has 0 amide bonds. The van der Waals surface area contributed by atoms with Crippen molar-refractivity contribution >= 4 is 0 Å². The molecule has 0 bridgehead atoms. The molecule has 0 aromatic carbocycles. The average molecular weight is 221 g/mol. The highest BCUT2D eigenvalue weighted by Crippen LogP contribution is 2.41. The number of nitrogens with one attached hydrogen (secondary N) is 1. The van der Waals surface area contributed by atoms with Crippen LogP contribution in [-0.2, 0) is 7.05 Å². The van der Waals surface area contributed by atoms with E-state index < -0.39 is 0 Å². The first-order chi connectivity index (χ1) is 7.68. The normalized spacial score (nSPS) is 24.8. The lowest BCUT2D eigenvalue weighted by molar-refractivity contribution is 0.233. The van der Waals surface area contributed by atoms with E-state index in [2.05, 4.69) is 30.3 Å². The molecule has 3 heteroatoms. The van der Waals surface area contributed by atoms with Crippen molar-refractivity contribution in [1.82, 2.24) is 15.1 Å². The molecule has 2 rings (SSSR count). The van der Waals surface area contributed by atoms with Crippen LogP contribution in [0.4, 0.5) is 0 Å². The van der Waals surface area contributed by atoms with Crippen molar-refractivity contribution < 1.29 is 0 Å². The molecule has 1 aromatic heterocycles. The molecule has 3 nitrogen and oxygen atoms in total. The smallest absolute Gasteiger partial charge is 0.0492 e. The van der Waals surface area contributed by atoms with Gasteiger partial charge in [-0.25, -0.2) is 0 Å². The lowest BCUT2D eigenvalue weighted by Crippen LogP contribution is -2.36. The second-order valence-corrected chi connectivity index (χ2v) is 5.38. The SMILES string of the molecule is CC(C)CNCC1CCC1c1ccnn1C. The van der Waals surface area contributed by atoms with E-state index in [4.69, 9.17) is 0 Å². The molecule has 0 aliphatic heterocycles. The van der Waals surface area contributed by atoms with Gasteiger partial charge in [-0.05, 0) is 43.8 Å². The number of rotatable bonds is 5. The molecule has 2 unspecified atom stereocenters. The molecule has 0 radical (unpaired) electrons. The standard InChI is InChI=1S/C13H23N3/c1-10(2)8-14-9-11-4-5-12(11)13-6-7-15-16(13)3/h6-7,10-12,14H,4-5,8-9H2,1-3H3. The molecule has 0 saturated heterocycles. The lowest BCUT2D eigenvalue weighted by Gasteiger charge is -2.37. The Kier molecular flexibility index (Phi) is 3.64. The Morgan fingerprint density at radius 2 is 2.31 bits per heavy atom. The third-order valence-corrected chi connectivity index (χ3v) is 3.62.